The Morgan fingerprint density at radius 2 is 1.81 bits per heavy atom. The molecule has 1 aromatic heterocycles. The number of rotatable bonds is 5. The van der Waals surface area contributed by atoms with Gasteiger partial charge in [-0.3, -0.25) is 9.78 Å². The highest BCUT2D eigenvalue weighted by Crippen LogP contribution is 2.36. The summed E-state index contributed by atoms with van der Waals surface area (Å²) < 4.78 is 45.3. The van der Waals surface area contributed by atoms with Crippen molar-refractivity contribution < 1.29 is 23.1 Å². The molecule has 1 aliphatic heterocycles. The molecule has 1 amide bonds. The molecule has 3 aromatic carbocycles. The van der Waals surface area contributed by atoms with E-state index in [1.54, 1.807) is 47.5 Å². The van der Waals surface area contributed by atoms with E-state index in [0.29, 0.717) is 16.5 Å². The molecule has 2 N–H and O–H groups in total. The zero-order chi connectivity index (χ0) is 26.2. The first kappa shape index (κ1) is 25.1. The molecule has 0 radical (unpaired) electrons. The number of benzene rings is 3. The molecule has 5 nitrogen and oxygen atoms in total. The van der Waals surface area contributed by atoms with Crippen molar-refractivity contribution in [3.63, 3.8) is 0 Å². The maximum atomic E-state index is 14.3. The number of nitrogens with one attached hydrogen (secondary N) is 1. The van der Waals surface area contributed by atoms with Crippen molar-refractivity contribution in [2.24, 2.45) is 0 Å². The number of aryl methyl sites for hydroxylation is 1. The van der Waals surface area contributed by atoms with Crippen LogP contribution in [0.3, 0.4) is 0 Å². The largest absolute Gasteiger partial charge is 0.385 e. The van der Waals surface area contributed by atoms with E-state index >= 15 is 0 Å². The molecule has 0 atom stereocenters. The molecule has 1 saturated heterocycles. The Bertz CT molecular complexity index is 1490. The molecule has 37 heavy (non-hydrogen) atoms. The van der Waals surface area contributed by atoms with Crippen LogP contribution in [0.25, 0.3) is 10.9 Å². The summed E-state index contributed by atoms with van der Waals surface area (Å²) in [5.41, 5.74) is 1.09. The van der Waals surface area contributed by atoms with E-state index in [2.05, 4.69) is 9.71 Å². The highest BCUT2D eigenvalue weighted by atomic mass is 32.2. The van der Waals surface area contributed by atoms with Gasteiger partial charge in [0, 0.05) is 41.5 Å². The smallest absolute Gasteiger partial charge is 0.253 e. The third-order valence-corrected chi connectivity index (χ3v) is 7.63. The molecule has 2 heterocycles. The minimum atomic E-state index is -1.52. The topological polar surface area (TPSA) is 65.5 Å². The summed E-state index contributed by atoms with van der Waals surface area (Å²) in [6.45, 7) is 2.30. The Hall–Kier alpha value is -3.56. The van der Waals surface area contributed by atoms with Crippen molar-refractivity contribution in [2.75, 3.05) is 17.8 Å². The summed E-state index contributed by atoms with van der Waals surface area (Å²) >= 11 is 1.31. The second-order valence-corrected chi connectivity index (χ2v) is 9.95. The van der Waals surface area contributed by atoms with Crippen LogP contribution in [0.1, 0.15) is 34.3 Å². The molecule has 5 rings (SSSR count). The first-order valence-electron chi connectivity index (χ1n) is 11.8. The fraction of sp³-hybridized carbons (Fsp3) is 0.214. The Morgan fingerprint density at radius 3 is 2.57 bits per heavy atom. The standard InChI is InChI=1S/C28H24F3N3O2S/c1-17-16-18(7-9-23(17)33-37-24-10-8-21(29)19-4-3-13-32-26(19)24)27(35)34-14-11-28(36,12-15-34)20-5-2-6-22(30)25(20)31/h2-10,13,16,33,36H,11-12,14-15H2,1H3. The lowest BCUT2D eigenvalue weighted by Gasteiger charge is -2.38. The summed E-state index contributed by atoms with van der Waals surface area (Å²) in [4.78, 5) is 19.8. The summed E-state index contributed by atoms with van der Waals surface area (Å²) in [5.74, 6) is -2.58. The van der Waals surface area contributed by atoms with Gasteiger partial charge in [0.2, 0.25) is 0 Å². The van der Waals surface area contributed by atoms with Crippen molar-refractivity contribution in [2.45, 2.75) is 30.3 Å². The quantitative estimate of drug-likeness (QED) is 0.305. The third kappa shape index (κ3) is 4.89. The number of carbonyl (C=O) groups is 1. The van der Waals surface area contributed by atoms with Crippen molar-refractivity contribution >= 4 is 34.4 Å². The lowest BCUT2D eigenvalue weighted by atomic mass is 9.84. The van der Waals surface area contributed by atoms with Crippen molar-refractivity contribution in [3.8, 4) is 0 Å². The SMILES string of the molecule is Cc1cc(C(=O)N2CCC(O)(c3cccc(F)c3F)CC2)ccc1NSc1ccc(F)c2cccnc12. The van der Waals surface area contributed by atoms with Crippen LogP contribution in [0.15, 0.2) is 71.8 Å². The number of anilines is 1. The van der Waals surface area contributed by atoms with Gasteiger partial charge in [0.1, 0.15) is 5.82 Å². The van der Waals surface area contributed by atoms with Crippen LogP contribution in [0.5, 0.6) is 0 Å². The van der Waals surface area contributed by atoms with Gasteiger partial charge in [-0.2, -0.15) is 0 Å². The van der Waals surface area contributed by atoms with Gasteiger partial charge in [-0.1, -0.05) is 12.1 Å². The highest BCUT2D eigenvalue weighted by Gasteiger charge is 2.38. The molecule has 1 aliphatic rings. The maximum absolute atomic E-state index is 14.3. The maximum Gasteiger partial charge on any atom is 0.253 e. The third-order valence-electron chi connectivity index (χ3n) is 6.75. The van der Waals surface area contributed by atoms with E-state index in [1.807, 2.05) is 6.92 Å². The number of amides is 1. The molecule has 0 aliphatic carbocycles. The number of carbonyl (C=O) groups excluding carboxylic acids is 1. The van der Waals surface area contributed by atoms with Gasteiger partial charge >= 0.3 is 0 Å². The van der Waals surface area contributed by atoms with Crippen LogP contribution in [-0.4, -0.2) is 34.0 Å². The number of aromatic nitrogens is 1. The molecule has 190 valence electrons. The highest BCUT2D eigenvalue weighted by molar-refractivity contribution is 8.00. The van der Waals surface area contributed by atoms with Crippen LogP contribution >= 0.6 is 11.9 Å². The number of hydrogen-bond acceptors (Lipinski definition) is 5. The molecular weight excluding hydrogens is 499 g/mol. The number of piperidine rings is 1. The van der Waals surface area contributed by atoms with E-state index < -0.39 is 17.2 Å². The van der Waals surface area contributed by atoms with Crippen molar-refractivity contribution in [1.82, 2.24) is 9.88 Å². The van der Waals surface area contributed by atoms with Crippen molar-refractivity contribution in [3.05, 3.63) is 101 Å². The van der Waals surface area contributed by atoms with E-state index in [4.69, 9.17) is 0 Å². The van der Waals surface area contributed by atoms with E-state index in [-0.39, 0.29) is 43.2 Å². The normalized spacial score (nSPS) is 15.1. The van der Waals surface area contributed by atoms with Crippen LogP contribution in [0, 0.1) is 24.4 Å². The van der Waals surface area contributed by atoms with Gasteiger partial charge in [0.15, 0.2) is 11.6 Å². The molecular formula is C28H24F3N3O2S. The number of hydrogen-bond donors (Lipinski definition) is 2. The second kappa shape index (κ2) is 10.1. The predicted molar refractivity (Wildman–Crippen MR) is 138 cm³/mol. The summed E-state index contributed by atoms with van der Waals surface area (Å²) in [7, 11) is 0. The summed E-state index contributed by atoms with van der Waals surface area (Å²) in [6.07, 6.45) is 1.83. The van der Waals surface area contributed by atoms with E-state index in [1.165, 1.54) is 30.1 Å². The molecule has 9 heteroatoms. The second-order valence-electron chi connectivity index (χ2n) is 9.10. The molecule has 0 bridgehead atoms. The van der Waals surface area contributed by atoms with Gasteiger partial charge < -0.3 is 14.7 Å². The Balaban J connectivity index is 1.26. The van der Waals surface area contributed by atoms with Gasteiger partial charge in [-0.25, -0.2) is 13.2 Å². The number of aliphatic hydroxyl groups is 1. The summed E-state index contributed by atoms with van der Waals surface area (Å²) in [6, 6.07) is 15.5. The average molecular weight is 524 g/mol. The van der Waals surface area contributed by atoms with Crippen LogP contribution in [-0.2, 0) is 5.60 Å². The molecule has 0 saturated carbocycles. The molecule has 4 aromatic rings. The fourth-order valence-corrected chi connectivity index (χ4v) is 5.45. The van der Waals surface area contributed by atoms with Gasteiger partial charge in [-0.15, -0.1) is 0 Å². The Kier molecular flexibility index (Phi) is 6.83. The van der Waals surface area contributed by atoms with E-state index in [9.17, 15) is 23.1 Å². The minimum Gasteiger partial charge on any atom is -0.385 e. The molecule has 0 spiro atoms. The lowest BCUT2D eigenvalue weighted by molar-refractivity contribution is -0.0240. The zero-order valence-electron chi connectivity index (χ0n) is 20.0. The zero-order valence-corrected chi connectivity index (χ0v) is 20.8. The lowest BCUT2D eigenvalue weighted by Crippen LogP contribution is -2.45. The predicted octanol–water partition coefficient (Wildman–Crippen LogP) is 6.20. The number of pyridine rings is 1. The van der Waals surface area contributed by atoms with Crippen LogP contribution in [0.4, 0.5) is 18.9 Å². The number of fused-ring (bicyclic) bond motifs is 1. The molecule has 1 fully saturated rings. The first-order valence-corrected chi connectivity index (χ1v) is 12.6. The molecule has 0 unspecified atom stereocenters. The Morgan fingerprint density at radius 1 is 1.03 bits per heavy atom. The first-order chi connectivity index (χ1) is 17.8. The monoisotopic (exact) mass is 523 g/mol. The van der Waals surface area contributed by atoms with Crippen LogP contribution in [0.2, 0.25) is 0 Å². The number of halogens is 3. The van der Waals surface area contributed by atoms with Gasteiger partial charge in [0.25, 0.3) is 5.91 Å². The number of likely N-dealkylation sites (tertiary alicyclic amines) is 1. The van der Waals surface area contributed by atoms with Gasteiger partial charge in [0.05, 0.1) is 16.0 Å². The van der Waals surface area contributed by atoms with Crippen LogP contribution < -0.4 is 4.72 Å². The number of nitrogens with zero attached hydrogens (tertiary/aromatic N) is 2. The Labute approximate surface area is 216 Å². The average Bonchev–Trinajstić information content (AvgIpc) is 2.90. The minimum absolute atomic E-state index is 0.0764. The summed E-state index contributed by atoms with van der Waals surface area (Å²) in [5, 5.41) is 11.4. The fourth-order valence-electron chi connectivity index (χ4n) is 4.61. The van der Waals surface area contributed by atoms with Crippen molar-refractivity contribution in [1.29, 1.82) is 0 Å². The van der Waals surface area contributed by atoms with Gasteiger partial charge in [-0.05, 0) is 85.8 Å². The van der Waals surface area contributed by atoms with E-state index in [0.717, 1.165) is 22.2 Å².